The fourth-order valence-corrected chi connectivity index (χ4v) is 4.46. The Bertz CT molecular complexity index is 1140. The molecule has 2 amide bonds. The number of carbonyl (C=O) groups excluding carboxylic acids is 2. The first-order chi connectivity index (χ1) is 15.8. The molecule has 2 aromatic carbocycles. The van der Waals surface area contributed by atoms with E-state index < -0.39 is 28.5 Å². The molecule has 34 heavy (non-hydrogen) atoms. The number of anilines is 1. The van der Waals surface area contributed by atoms with E-state index in [1.165, 1.54) is 24.1 Å². The number of hydrogen-bond donors (Lipinski definition) is 1. The summed E-state index contributed by atoms with van der Waals surface area (Å²) in [5, 5.41) is 3.10. The number of carbonyl (C=O) groups is 2. The van der Waals surface area contributed by atoms with Crippen LogP contribution in [0.25, 0.3) is 0 Å². The summed E-state index contributed by atoms with van der Waals surface area (Å²) < 4.78 is 31.6. The van der Waals surface area contributed by atoms with Gasteiger partial charge in [-0.3, -0.25) is 13.9 Å². The summed E-state index contributed by atoms with van der Waals surface area (Å²) in [5.74, 6) is -0.624. The van der Waals surface area contributed by atoms with E-state index in [2.05, 4.69) is 5.32 Å². The summed E-state index contributed by atoms with van der Waals surface area (Å²) in [7, 11) is -2.49. The van der Waals surface area contributed by atoms with Gasteiger partial charge in [0.05, 0.1) is 19.1 Å². The molecule has 0 saturated heterocycles. The molecule has 2 rings (SSSR count). The van der Waals surface area contributed by atoms with Crippen LogP contribution in [0.5, 0.6) is 5.75 Å². The van der Waals surface area contributed by atoms with E-state index in [1.54, 1.807) is 13.0 Å². The normalized spacial score (nSPS) is 12.2. The van der Waals surface area contributed by atoms with E-state index in [4.69, 9.17) is 16.3 Å². The standard InChI is InChI=1S/C24H32ClN3O5S/c1-16(2)26-24(30)18(4)27(14-19-9-7-8-17(3)12-19)23(29)15-28(34(6,31)32)21-13-20(25)10-11-22(21)33-5/h7-13,16,18H,14-15H2,1-6H3,(H,26,30). The third-order valence-corrected chi connectivity index (χ3v) is 6.48. The van der Waals surface area contributed by atoms with Crippen molar-refractivity contribution in [1.82, 2.24) is 10.2 Å². The molecule has 0 aromatic heterocycles. The lowest BCUT2D eigenvalue weighted by atomic mass is 10.1. The molecule has 0 radical (unpaired) electrons. The maximum Gasteiger partial charge on any atom is 0.244 e. The zero-order valence-electron chi connectivity index (χ0n) is 20.3. The van der Waals surface area contributed by atoms with E-state index in [9.17, 15) is 18.0 Å². The van der Waals surface area contributed by atoms with Crippen LogP contribution >= 0.6 is 11.6 Å². The van der Waals surface area contributed by atoms with Crippen LogP contribution in [0.4, 0.5) is 5.69 Å². The zero-order valence-corrected chi connectivity index (χ0v) is 21.9. The second kappa shape index (κ2) is 11.6. The Morgan fingerprint density at radius 2 is 1.79 bits per heavy atom. The Morgan fingerprint density at radius 1 is 1.12 bits per heavy atom. The molecule has 2 aromatic rings. The van der Waals surface area contributed by atoms with Crippen LogP contribution in [0.2, 0.25) is 5.02 Å². The summed E-state index contributed by atoms with van der Waals surface area (Å²) in [4.78, 5) is 27.7. The van der Waals surface area contributed by atoms with Crippen molar-refractivity contribution < 1.29 is 22.7 Å². The number of rotatable bonds is 10. The Hall–Kier alpha value is -2.78. The molecular formula is C24H32ClN3O5S. The molecule has 0 spiro atoms. The molecule has 0 aliphatic heterocycles. The summed E-state index contributed by atoms with van der Waals surface area (Å²) >= 11 is 6.10. The number of nitrogens with zero attached hydrogens (tertiary/aromatic N) is 2. The van der Waals surface area contributed by atoms with E-state index in [1.807, 2.05) is 45.0 Å². The SMILES string of the molecule is COc1ccc(Cl)cc1N(CC(=O)N(Cc1cccc(C)c1)C(C)C(=O)NC(C)C)S(C)(=O)=O. The number of ether oxygens (including phenoxy) is 1. The van der Waals surface area contributed by atoms with Gasteiger partial charge >= 0.3 is 0 Å². The van der Waals surface area contributed by atoms with Crippen molar-refractivity contribution in [3.05, 3.63) is 58.6 Å². The molecule has 1 atom stereocenters. The topological polar surface area (TPSA) is 96.0 Å². The lowest BCUT2D eigenvalue weighted by Gasteiger charge is -2.32. The molecule has 0 fully saturated rings. The van der Waals surface area contributed by atoms with Gasteiger partial charge in [0.25, 0.3) is 0 Å². The Morgan fingerprint density at radius 3 is 2.35 bits per heavy atom. The zero-order chi connectivity index (χ0) is 25.6. The van der Waals surface area contributed by atoms with Gasteiger partial charge in [0, 0.05) is 17.6 Å². The first-order valence-corrected chi connectivity index (χ1v) is 13.0. The number of benzene rings is 2. The van der Waals surface area contributed by atoms with Gasteiger partial charge in [-0.05, 0) is 51.5 Å². The fraction of sp³-hybridized carbons (Fsp3) is 0.417. The second-order valence-corrected chi connectivity index (χ2v) is 10.8. The van der Waals surface area contributed by atoms with Gasteiger partial charge in [-0.25, -0.2) is 8.42 Å². The summed E-state index contributed by atoms with van der Waals surface area (Å²) in [6.45, 7) is 6.82. The number of aryl methyl sites for hydroxylation is 1. The van der Waals surface area contributed by atoms with Gasteiger partial charge < -0.3 is 15.0 Å². The molecule has 0 aliphatic carbocycles. The molecule has 186 valence electrons. The van der Waals surface area contributed by atoms with Crippen molar-refractivity contribution in [2.75, 3.05) is 24.2 Å². The van der Waals surface area contributed by atoms with E-state index in [0.29, 0.717) is 0 Å². The smallest absolute Gasteiger partial charge is 0.244 e. The monoisotopic (exact) mass is 509 g/mol. The number of amides is 2. The van der Waals surface area contributed by atoms with Crippen molar-refractivity contribution in [3.63, 3.8) is 0 Å². The average molecular weight is 510 g/mol. The van der Waals surface area contributed by atoms with Gasteiger partial charge in [0.1, 0.15) is 18.3 Å². The van der Waals surface area contributed by atoms with Gasteiger partial charge in [0.15, 0.2) is 0 Å². The van der Waals surface area contributed by atoms with Crippen molar-refractivity contribution in [1.29, 1.82) is 0 Å². The Kier molecular flexibility index (Phi) is 9.35. The minimum Gasteiger partial charge on any atom is -0.495 e. The van der Waals surface area contributed by atoms with Crippen LogP contribution in [0.3, 0.4) is 0 Å². The first-order valence-electron chi connectivity index (χ1n) is 10.8. The quantitative estimate of drug-likeness (QED) is 0.529. The van der Waals surface area contributed by atoms with Gasteiger partial charge in [-0.15, -0.1) is 0 Å². The van der Waals surface area contributed by atoms with E-state index >= 15 is 0 Å². The molecule has 0 heterocycles. The highest BCUT2D eigenvalue weighted by atomic mass is 35.5. The molecule has 10 heteroatoms. The minimum absolute atomic E-state index is 0.117. The molecule has 1 unspecified atom stereocenters. The Labute approximate surface area is 206 Å². The predicted molar refractivity (Wildman–Crippen MR) is 135 cm³/mol. The van der Waals surface area contributed by atoms with Crippen LogP contribution in [-0.2, 0) is 26.2 Å². The van der Waals surface area contributed by atoms with Crippen LogP contribution in [0.15, 0.2) is 42.5 Å². The van der Waals surface area contributed by atoms with Crippen LogP contribution < -0.4 is 14.4 Å². The number of sulfonamides is 1. The third kappa shape index (κ3) is 7.36. The Balaban J connectivity index is 2.47. The first kappa shape index (κ1) is 27.5. The largest absolute Gasteiger partial charge is 0.495 e. The van der Waals surface area contributed by atoms with Crippen molar-refractivity contribution in [2.45, 2.75) is 46.3 Å². The molecule has 0 bridgehead atoms. The molecular weight excluding hydrogens is 478 g/mol. The summed E-state index contributed by atoms with van der Waals surface area (Å²) in [5.41, 5.74) is 1.97. The lowest BCUT2D eigenvalue weighted by molar-refractivity contribution is -0.139. The number of hydrogen-bond acceptors (Lipinski definition) is 5. The average Bonchev–Trinajstić information content (AvgIpc) is 2.74. The van der Waals surface area contributed by atoms with E-state index in [-0.39, 0.29) is 35.0 Å². The number of halogens is 1. The lowest BCUT2D eigenvalue weighted by Crippen LogP contribution is -2.52. The van der Waals surface area contributed by atoms with Crippen molar-refractivity contribution >= 4 is 39.1 Å². The number of nitrogens with one attached hydrogen (secondary N) is 1. The second-order valence-electron chi connectivity index (χ2n) is 8.44. The maximum atomic E-state index is 13.5. The highest BCUT2D eigenvalue weighted by Gasteiger charge is 2.31. The van der Waals surface area contributed by atoms with Crippen LogP contribution in [-0.4, -0.2) is 57.1 Å². The van der Waals surface area contributed by atoms with Gasteiger partial charge in [-0.2, -0.15) is 0 Å². The fourth-order valence-electron chi connectivity index (χ4n) is 3.45. The van der Waals surface area contributed by atoms with Crippen LogP contribution in [0, 0.1) is 6.92 Å². The van der Waals surface area contributed by atoms with Gasteiger partial charge in [-0.1, -0.05) is 41.4 Å². The summed E-state index contributed by atoms with van der Waals surface area (Å²) in [6.07, 6.45) is 1.00. The number of methoxy groups -OCH3 is 1. The highest BCUT2D eigenvalue weighted by molar-refractivity contribution is 7.92. The minimum atomic E-state index is -3.89. The van der Waals surface area contributed by atoms with Crippen molar-refractivity contribution in [3.8, 4) is 5.75 Å². The van der Waals surface area contributed by atoms with Gasteiger partial charge in [0.2, 0.25) is 21.8 Å². The maximum absolute atomic E-state index is 13.5. The molecule has 0 aliphatic rings. The predicted octanol–water partition coefficient (Wildman–Crippen LogP) is 3.36. The van der Waals surface area contributed by atoms with Crippen LogP contribution in [0.1, 0.15) is 31.9 Å². The highest BCUT2D eigenvalue weighted by Crippen LogP contribution is 2.33. The molecule has 0 saturated carbocycles. The molecule has 8 nitrogen and oxygen atoms in total. The van der Waals surface area contributed by atoms with E-state index in [0.717, 1.165) is 21.7 Å². The summed E-state index contributed by atoms with van der Waals surface area (Å²) in [6, 6.07) is 11.1. The van der Waals surface area contributed by atoms with Crippen molar-refractivity contribution in [2.24, 2.45) is 0 Å². The third-order valence-electron chi connectivity index (χ3n) is 5.12. The molecule has 1 N–H and O–H groups in total.